The first-order chi connectivity index (χ1) is 15.3. The van der Waals surface area contributed by atoms with E-state index in [2.05, 4.69) is 15.9 Å². The molecule has 0 saturated carbocycles. The van der Waals surface area contributed by atoms with E-state index in [0.29, 0.717) is 17.1 Å². The van der Waals surface area contributed by atoms with Crippen LogP contribution in [-0.2, 0) is 6.61 Å². The highest BCUT2D eigenvalue weighted by molar-refractivity contribution is 9.10. The molecule has 3 N–H and O–H groups in total. The second kappa shape index (κ2) is 8.88. The lowest BCUT2D eigenvalue weighted by Crippen LogP contribution is -2.05. The number of aromatic nitrogens is 1. The number of carboxylic acid groups (broad SMARTS) is 1. The number of carboxylic acids is 1. The Balaban J connectivity index is 1.78. The second-order valence-corrected chi connectivity index (χ2v) is 8.29. The summed E-state index contributed by atoms with van der Waals surface area (Å²) in [4.78, 5) is 11.5. The van der Waals surface area contributed by atoms with Gasteiger partial charge in [0.05, 0.1) is 11.3 Å². The second-order valence-electron chi connectivity index (χ2n) is 7.37. The molecule has 4 aromatic rings. The van der Waals surface area contributed by atoms with E-state index in [9.17, 15) is 14.3 Å². The van der Waals surface area contributed by atoms with Gasteiger partial charge in [-0.2, -0.15) is 0 Å². The highest BCUT2D eigenvalue weighted by Gasteiger charge is 2.17. The summed E-state index contributed by atoms with van der Waals surface area (Å²) in [7, 11) is 0. The Morgan fingerprint density at radius 3 is 2.53 bits per heavy atom. The third-order valence-corrected chi connectivity index (χ3v) is 5.54. The minimum absolute atomic E-state index is 0.112. The number of benzene rings is 3. The van der Waals surface area contributed by atoms with Crippen LogP contribution in [0.5, 0.6) is 5.75 Å². The lowest BCUT2D eigenvalue weighted by Gasteiger charge is -2.17. The molecule has 0 saturated heterocycles. The Kier molecular flexibility index (Phi) is 6.01. The zero-order valence-electron chi connectivity index (χ0n) is 17.2. The molecule has 0 aliphatic rings. The van der Waals surface area contributed by atoms with Gasteiger partial charge in [0.15, 0.2) is 0 Å². The van der Waals surface area contributed by atoms with Crippen LogP contribution in [0.4, 0.5) is 10.1 Å². The summed E-state index contributed by atoms with van der Waals surface area (Å²) < 4.78 is 22.1. The third-order valence-electron chi connectivity index (χ3n) is 5.05. The highest BCUT2D eigenvalue weighted by Crippen LogP contribution is 2.36. The number of carbonyl (C=O) groups is 1. The summed E-state index contributed by atoms with van der Waals surface area (Å²) in [5.41, 5.74) is 10.5. The van der Waals surface area contributed by atoms with E-state index in [1.54, 1.807) is 24.3 Å². The van der Waals surface area contributed by atoms with Crippen LogP contribution in [-0.4, -0.2) is 15.6 Å². The zero-order valence-corrected chi connectivity index (χ0v) is 18.8. The third kappa shape index (κ3) is 4.53. The van der Waals surface area contributed by atoms with E-state index in [0.717, 1.165) is 27.0 Å². The number of aryl methyl sites for hydroxylation is 1. The highest BCUT2D eigenvalue weighted by atomic mass is 79.9. The van der Waals surface area contributed by atoms with Crippen LogP contribution >= 0.6 is 15.9 Å². The lowest BCUT2D eigenvalue weighted by atomic mass is 10.1. The van der Waals surface area contributed by atoms with Crippen LogP contribution in [0.25, 0.3) is 16.9 Å². The monoisotopic (exact) mass is 494 g/mol. The topological polar surface area (TPSA) is 77.5 Å². The van der Waals surface area contributed by atoms with Crippen molar-refractivity contribution in [2.75, 3.05) is 5.73 Å². The average Bonchev–Trinajstić information content (AvgIpc) is 3.14. The van der Waals surface area contributed by atoms with E-state index in [1.807, 2.05) is 41.8 Å². The number of anilines is 1. The molecule has 0 spiro atoms. The van der Waals surface area contributed by atoms with Crippen molar-refractivity contribution in [1.82, 2.24) is 4.57 Å². The molecule has 5 nitrogen and oxygen atoms in total. The van der Waals surface area contributed by atoms with Crippen molar-refractivity contribution in [2.45, 2.75) is 13.5 Å². The maximum absolute atomic E-state index is 13.2. The fraction of sp³-hybridized carbons (Fsp3) is 0.0800. The number of halogens is 2. The number of hydrogen-bond donors (Lipinski definition) is 2. The van der Waals surface area contributed by atoms with Gasteiger partial charge in [-0.1, -0.05) is 28.1 Å². The molecule has 0 amide bonds. The van der Waals surface area contributed by atoms with Crippen molar-refractivity contribution < 1.29 is 19.0 Å². The Bertz CT molecular complexity index is 1300. The molecule has 0 bridgehead atoms. The van der Waals surface area contributed by atoms with Crippen LogP contribution in [0.1, 0.15) is 21.6 Å². The molecule has 3 aromatic carbocycles. The van der Waals surface area contributed by atoms with Gasteiger partial charge in [-0.25, -0.2) is 9.18 Å². The molecule has 7 heteroatoms. The minimum atomic E-state index is -1.05. The zero-order chi connectivity index (χ0) is 22.8. The summed E-state index contributed by atoms with van der Waals surface area (Å²) in [5, 5.41) is 9.45. The first-order valence-electron chi connectivity index (χ1n) is 9.81. The first-order valence-corrected chi connectivity index (χ1v) is 10.6. The molecular weight excluding hydrogens is 475 g/mol. The first kappa shape index (κ1) is 21.6. The molecule has 0 unspecified atom stereocenters. The van der Waals surface area contributed by atoms with E-state index < -0.39 is 5.97 Å². The Labute approximate surface area is 193 Å². The van der Waals surface area contributed by atoms with Crippen LogP contribution < -0.4 is 10.5 Å². The maximum Gasteiger partial charge on any atom is 0.335 e. The predicted octanol–water partition coefficient (Wildman–Crippen LogP) is 6.21. The van der Waals surface area contributed by atoms with Gasteiger partial charge in [0.2, 0.25) is 0 Å². The maximum atomic E-state index is 13.2. The lowest BCUT2D eigenvalue weighted by molar-refractivity contribution is 0.0697. The summed E-state index contributed by atoms with van der Waals surface area (Å²) in [6, 6.07) is 20.5. The predicted molar refractivity (Wildman–Crippen MR) is 126 cm³/mol. The van der Waals surface area contributed by atoms with E-state index in [4.69, 9.17) is 10.5 Å². The standard InChI is InChI=1S/C25H20BrFN2O3/c1-15-2-8-23(29(15)21-11-17(25(30)31)10-20(28)13-21)22-12-18(26)5-9-24(22)32-14-16-3-6-19(27)7-4-16/h2-13H,14,28H2,1H3,(H,30,31). The number of nitrogens with zero attached hydrogens (tertiary/aromatic N) is 1. The SMILES string of the molecule is Cc1ccc(-c2cc(Br)ccc2OCc2ccc(F)cc2)n1-c1cc(N)cc(C(=O)O)c1. The molecular formula is C25H20BrFN2O3. The van der Waals surface area contributed by atoms with Gasteiger partial charge < -0.3 is 20.1 Å². The largest absolute Gasteiger partial charge is 0.488 e. The minimum Gasteiger partial charge on any atom is -0.488 e. The summed E-state index contributed by atoms with van der Waals surface area (Å²) in [6.45, 7) is 2.21. The normalized spacial score (nSPS) is 10.8. The van der Waals surface area contributed by atoms with Crippen molar-refractivity contribution in [2.24, 2.45) is 0 Å². The van der Waals surface area contributed by atoms with Crippen molar-refractivity contribution in [3.05, 3.63) is 99.9 Å². The van der Waals surface area contributed by atoms with Gasteiger partial charge in [-0.15, -0.1) is 0 Å². The Morgan fingerprint density at radius 2 is 1.81 bits per heavy atom. The average molecular weight is 495 g/mol. The molecule has 0 radical (unpaired) electrons. The molecule has 0 aliphatic heterocycles. The van der Waals surface area contributed by atoms with Crippen LogP contribution in [0.15, 0.2) is 77.3 Å². The number of rotatable bonds is 6. The van der Waals surface area contributed by atoms with Crippen molar-refractivity contribution >= 4 is 27.6 Å². The van der Waals surface area contributed by atoms with Crippen molar-refractivity contribution in [3.8, 4) is 22.7 Å². The fourth-order valence-electron chi connectivity index (χ4n) is 3.55. The Hall–Kier alpha value is -3.58. The van der Waals surface area contributed by atoms with Crippen LogP contribution in [0, 0.1) is 12.7 Å². The van der Waals surface area contributed by atoms with Crippen molar-refractivity contribution in [1.29, 1.82) is 0 Å². The summed E-state index contributed by atoms with van der Waals surface area (Å²) >= 11 is 3.52. The summed E-state index contributed by atoms with van der Waals surface area (Å²) in [5.74, 6) is -0.704. The fourth-order valence-corrected chi connectivity index (χ4v) is 3.91. The molecule has 4 rings (SSSR count). The van der Waals surface area contributed by atoms with E-state index >= 15 is 0 Å². The molecule has 0 aliphatic carbocycles. The van der Waals surface area contributed by atoms with E-state index in [-0.39, 0.29) is 18.0 Å². The molecule has 1 heterocycles. The van der Waals surface area contributed by atoms with Gasteiger partial charge >= 0.3 is 5.97 Å². The van der Waals surface area contributed by atoms with Gasteiger partial charge in [0.1, 0.15) is 18.2 Å². The molecule has 162 valence electrons. The number of hydrogen-bond acceptors (Lipinski definition) is 3. The molecule has 32 heavy (non-hydrogen) atoms. The Morgan fingerprint density at radius 1 is 1.06 bits per heavy atom. The number of aromatic carboxylic acids is 1. The van der Waals surface area contributed by atoms with Gasteiger partial charge in [0.25, 0.3) is 0 Å². The molecule has 0 atom stereocenters. The van der Waals surface area contributed by atoms with Gasteiger partial charge in [-0.3, -0.25) is 0 Å². The van der Waals surface area contributed by atoms with Gasteiger partial charge in [0, 0.05) is 27.1 Å². The van der Waals surface area contributed by atoms with Gasteiger partial charge in [-0.05, 0) is 73.2 Å². The van der Waals surface area contributed by atoms with E-state index in [1.165, 1.54) is 18.2 Å². The molecule has 1 aromatic heterocycles. The van der Waals surface area contributed by atoms with Crippen molar-refractivity contribution in [3.63, 3.8) is 0 Å². The number of ether oxygens (including phenoxy) is 1. The number of nitrogen functional groups attached to an aromatic ring is 1. The number of nitrogens with two attached hydrogens (primary N) is 1. The molecule has 0 fully saturated rings. The smallest absolute Gasteiger partial charge is 0.335 e. The quantitative estimate of drug-likeness (QED) is 0.312. The van der Waals surface area contributed by atoms with Crippen LogP contribution in [0.3, 0.4) is 0 Å². The van der Waals surface area contributed by atoms with Crippen LogP contribution in [0.2, 0.25) is 0 Å². The summed E-state index contributed by atoms with van der Waals surface area (Å²) in [6.07, 6.45) is 0.